The summed E-state index contributed by atoms with van der Waals surface area (Å²) < 4.78 is 1.06. The number of benzene rings is 1. The van der Waals surface area contributed by atoms with Crippen LogP contribution in [-0.4, -0.2) is 5.91 Å². The van der Waals surface area contributed by atoms with E-state index in [9.17, 15) is 4.79 Å². The summed E-state index contributed by atoms with van der Waals surface area (Å²) in [6, 6.07) is 5.12. The molecule has 0 unspecified atom stereocenters. The van der Waals surface area contributed by atoms with E-state index in [0.717, 1.165) is 0 Å². The fraction of sp³-hybridized carbons (Fsp3) is 0. The van der Waals surface area contributed by atoms with Gasteiger partial charge in [-0.1, -0.05) is 0 Å². The Morgan fingerprint density at radius 2 is 2.08 bits per heavy atom. The van der Waals surface area contributed by atoms with Gasteiger partial charge >= 0.3 is 0 Å². The molecule has 0 bridgehead atoms. The van der Waals surface area contributed by atoms with Crippen LogP contribution in [0.4, 0.5) is 0 Å². The minimum absolute atomic E-state index is 0.305. The van der Waals surface area contributed by atoms with Crippen LogP contribution in [0.25, 0.3) is 0 Å². The van der Waals surface area contributed by atoms with Crippen molar-refractivity contribution in [2.24, 2.45) is 5.73 Å². The second kappa shape index (κ2) is 3.90. The molecule has 1 rings (SSSR count). The van der Waals surface area contributed by atoms with E-state index in [1.54, 1.807) is 12.1 Å². The number of nitriles is 1. The second-order valence-corrected chi connectivity index (χ2v) is 3.91. The lowest BCUT2D eigenvalue weighted by Gasteiger charge is -2.02. The molecule has 0 saturated heterocycles. The molecular formula is C8H4Br2N2O. The highest BCUT2D eigenvalue weighted by Crippen LogP contribution is 2.27. The van der Waals surface area contributed by atoms with Gasteiger partial charge in [0.15, 0.2) is 0 Å². The van der Waals surface area contributed by atoms with Crippen LogP contribution in [0.1, 0.15) is 15.9 Å². The quantitative estimate of drug-likeness (QED) is 0.864. The lowest BCUT2D eigenvalue weighted by Crippen LogP contribution is -2.12. The lowest BCUT2D eigenvalue weighted by atomic mass is 10.1. The Labute approximate surface area is 91.8 Å². The van der Waals surface area contributed by atoms with Crippen molar-refractivity contribution in [3.63, 3.8) is 0 Å². The van der Waals surface area contributed by atoms with Crippen molar-refractivity contribution in [1.82, 2.24) is 0 Å². The van der Waals surface area contributed by atoms with Crippen molar-refractivity contribution in [1.29, 1.82) is 5.26 Å². The Kier molecular flexibility index (Phi) is 3.07. The molecule has 0 radical (unpaired) electrons. The highest BCUT2D eigenvalue weighted by atomic mass is 79.9. The first kappa shape index (κ1) is 10.2. The number of nitrogens with two attached hydrogens (primary N) is 1. The van der Waals surface area contributed by atoms with Gasteiger partial charge in [-0.3, -0.25) is 4.79 Å². The summed E-state index contributed by atoms with van der Waals surface area (Å²) in [7, 11) is 0. The van der Waals surface area contributed by atoms with Gasteiger partial charge in [0.2, 0.25) is 5.91 Å². The number of amides is 1. The summed E-state index contributed by atoms with van der Waals surface area (Å²) in [4.78, 5) is 10.9. The molecule has 0 aliphatic heterocycles. The maximum Gasteiger partial charge on any atom is 0.249 e. The van der Waals surface area contributed by atoms with E-state index < -0.39 is 5.91 Å². The van der Waals surface area contributed by atoms with Crippen LogP contribution in [0, 0.1) is 11.3 Å². The monoisotopic (exact) mass is 302 g/mol. The standard InChI is InChI=1S/C8H4Br2N2O/c9-6-2-1-4(8(12)13)7(10)5(6)3-11/h1-2H,(H2,12,13). The van der Waals surface area contributed by atoms with Crippen molar-refractivity contribution in [3.05, 3.63) is 32.2 Å². The molecule has 2 N–H and O–H groups in total. The molecule has 0 spiro atoms. The van der Waals surface area contributed by atoms with Gasteiger partial charge in [0.05, 0.1) is 11.1 Å². The molecule has 0 aromatic heterocycles. The maximum absolute atomic E-state index is 10.9. The van der Waals surface area contributed by atoms with Gasteiger partial charge < -0.3 is 5.73 Å². The largest absolute Gasteiger partial charge is 0.366 e. The average molecular weight is 304 g/mol. The lowest BCUT2D eigenvalue weighted by molar-refractivity contribution is 0.0999. The number of nitrogens with zero attached hydrogens (tertiary/aromatic N) is 1. The smallest absolute Gasteiger partial charge is 0.249 e. The molecule has 1 aromatic carbocycles. The number of carbonyl (C=O) groups is 1. The van der Waals surface area contributed by atoms with Crippen molar-refractivity contribution >= 4 is 37.8 Å². The number of primary amides is 1. The third kappa shape index (κ3) is 1.90. The van der Waals surface area contributed by atoms with Crippen LogP contribution in [0.3, 0.4) is 0 Å². The third-order valence-corrected chi connectivity index (χ3v) is 2.95. The average Bonchev–Trinajstić information content (AvgIpc) is 2.04. The molecule has 1 aromatic rings. The van der Waals surface area contributed by atoms with Gasteiger partial charge in [-0.25, -0.2) is 0 Å². The van der Waals surface area contributed by atoms with Crippen molar-refractivity contribution in [2.45, 2.75) is 0 Å². The molecule has 13 heavy (non-hydrogen) atoms. The Morgan fingerprint density at radius 1 is 1.46 bits per heavy atom. The molecular weight excluding hydrogens is 300 g/mol. The summed E-state index contributed by atoms with van der Waals surface area (Å²) in [6.45, 7) is 0. The predicted octanol–water partition coefficient (Wildman–Crippen LogP) is 2.18. The Bertz CT molecular complexity index is 409. The van der Waals surface area contributed by atoms with E-state index in [1.807, 2.05) is 6.07 Å². The Balaban J connectivity index is 3.47. The first-order valence-electron chi connectivity index (χ1n) is 3.26. The molecule has 66 valence electrons. The summed E-state index contributed by atoms with van der Waals surface area (Å²) in [5, 5.41) is 8.74. The van der Waals surface area contributed by atoms with Gasteiger partial charge in [-0.15, -0.1) is 0 Å². The fourth-order valence-electron chi connectivity index (χ4n) is 0.845. The number of rotatable bonds is 1. The highest BCUT2D eigenvalue weighted by molar-refractivity contribution is 9.11. The summed E-state index contributed by atoms with van der Waals surface area (Å²) in [5.41, 5.74) is 5.77. The van der Waals surface area contributed by atoms with Crippen LogP contribution in [0.5, 0.6) is 0 Å². The van der Waals surface area contributed by atoms with E-state index >= 15 is 0 Å². The molecule has 0 fully saturated rings. The first-order chi connectivity index (χ1) is 6.07. The zero-order chi connectivity index (χ0) is 10.0. The van der Waals surface area contributed by atoms with Crippen molar-refractivity contribution in [2.75, 3.05) is 0 Å². The second-order valence-electron chi connectivity index (χ2n) is 2.26. The Morgan fingerprint density at radius 3 is 2.54 bits per heavy atom. The van der Waals surface area contributed by atoms with E-state index in [1.165, 1.54) is 0 Å². The van der Waals surface area contributed by atoms with E-state index in [0.29, 0.717) is 20.1 Å². The normalized spacial score (nSPS) is 9.31. The number of hydrogen-bond donors (Lipinski definition) is 1. The Hall–Kier alpha value is -0.860. The highest BCUT2D eigenvalue weighted by Gasteiger charge is 2.12. The summed E-state index contributed by atoms with van der Waals surface area (Å²) in [6.07, 6.45) is 0. The van der Waals surface area contributed by atoms with Gasteiger partial charge in [-0.05, 0) is 44.0 Å². The predicted molar refractivity (Wildman–Crippen MR) is 55.1 cm³/mol. The first-order valence-corrected chi connectivity index (χ1v) is 4.84. The van der Waals surface area contributed by atoms with Crippen molar-refractivity contribution in [3.8, 4) is 6.07 Å². The van der Waals surface area contributed by atoms with E-state index in [2.05, 4.69) is 31.9 Å². The van der Waals surface area contributed by atoms with E-state index in [4.69, 9.17) is 11.0 Å². The number of halogens is 2. The van der Waals surface area contributed by atoms with Crippen LogP contribution >= 0.6 is 31.9 Å². The number of carbonyl (C=O) groups excluding carboxylic acids is 1. The van der Waals surface area contributed by atoms with Crippen LogP contribution in [0.2, 0.25) is 0 Å². The molecule has 1 amide bonds. The molecule has 0 aliphatic rings. The molecule has 0 aliphatic carbocycles. The van der Waals surface area contributed by atoms with Crippen molar-refractivity contribution < 1.29 is 4.79 Å². The minimum Gasteiger partial charge on any atom is -0.366 e. The fourth-order valence-corrected chi connectivity index (χ4v) is 2.16. The molecule has 0 heterocycles. The SMILES string of the molecule is N#Cc1c(Br)ccc(C(N)=O)c1Br. The molecule has 3 nitrogen and oxygen atoms in total. The van der Waals surface area contributed by atoms with Crippen LogP contribution in [-0.2, 0) is 0 Å². The third-order valence-electron chi connectivity index (χ3n) is 1.47. The zero-order valence-electron chi connectivity index (χ0n) is 6.34. The molecule has 5 heteroatoms. The maximum atomic E-state index is 10.9. The van der Waals surface area contributed by atoms with Gasteiger partial charge in [0.1, 0.15) is 6.07 Å². The number of hydrogen-bond acceptors (Lipinski definition) is 2. The molecule has 0 saturated carbocycles. The van der Waals surface area contributed by atoms with Gasteiger partial charge in [0.25, 0.3) is 0 Å². The van der Waals surface area contributed by atoms with E-state index in [-0.39, 0.29) is 0 Å². The topological polar surface area (TPSA) is 66.9 Å². The van der Waals surface area contributed by atoms with Gasteiger partial charge in [0, 0.05) is 8.95 Å². The van der Waals surface area contributed by atoms with Gasteiger partial charge in [-0.2, -0.15) is 5.26 Å². The van der Waals surface area contributed by atoms with Crippen LogP contribution in [0.15, 0.2) is 21.1 Å². The van der Waals surface area contributed by atoms with Crippen LogP contribution < -0.4 is 5.73 Å². The summed E-state index contributed by atoms with van der Waals surface area (Å²) in [5.74, 6) is -0.559. The summed E-state index contributed by atoms with van der Waals surface area (Å²) >= 11 is 6.33. The minimum atomic E-state index is -0.559. The molecule has 0 atom stereocenters. The zero-order valence-corrected chi connectivity index (χ0v) is 9.52.